The summed E-state index contributed by atoms with van der Waals surface area (Å²) in [5.74, 6) is 0.766. The van der Waals surface area contributed by atoms with Crippen LogP contribution in [0.5, 0.6) is 0 Å². The number of sulfonamides is 1. The first-order valence-corrected chi connectivity index (χ1v) is 10.4. The molecule has 2 aromatic rings. The highest BCUT2D eigenvalue weighted by atomic mass is 35.5. The van der Waals surface area contributed by atoms with E-state index in [-0.39, 0.29) is 5.37 Å². The number of hydrogen-bond acceptors (Lipinski definition) is 3. The predicted molar refractivity (Wildman–Crippen MR) is 96.4 cm³/mol. The molecule has 1 heterocycles. The van der Waals surface area contributed by atoms with Crippen LogP contribution in [0, 0.1) is 0 Å². The van der Waals surface area contributed by atoms with Crippen LogP contribution in [0.4, 0.5) is 0 Å². The van der Waals surface area contributed by atoms with Crippen LogP contribution in [0.3, 0.4) is 0 Å². The highest BCUT2D eigenvalue weighted by Crippen LogP contribution is 2.43. The van der Waals surface area contributed by atoms with Gasteiger partial charge in [-0.05, 0) is 35.7 Å². The van der Waals surface area contributed by atoms with Gasteiger partial charge in [0.15, 0.2) is 0 Å². The molecule has 2 aromatic carbocycles. The Hall–Kier alpha value is -1.01. The molecule has 0 bridgehead atoms. The van der Waals surface area contributed by atoms with Crippen LogP contribution in [0.1, 0.15) is 23.4 Å². The van der Waals surface area contributed by atoms with Gasteiger partial charge in [0.05, 0.1) is 10.3 Å². The van der Waals surface area contributed by atoms with E-state index in [0.717, 1.165) is 23.3 Å². The predicted octanol–water partition coefficient (Wildman–Crippen LogP) is 4.34. The molecular weight excluding hydrogens is 350 g/mol. The minimum Gasteiger partial charge on any atom is -0.207 e. The summed E-state index contributed by atoms with van der Waals surface area (Å²) in [5.41, 5.74) is 1.98. The molecule has 0 N–H and O–H groups in total. The molecule has 1 aliphatic rings. The Labute approximate surface area is 146 Å². The maximum atomic E-state index is 13.0. The number of halogens is 1. The van der Waals surface area contributed by atoms with Gasteiger partial charge in [0, 0.05) is 17.3 Å². The first-order chi connectivity index (χ1) is 11.0. The van der Waals surface area contributed by atoms with Gasteiger partial charge in [-0.15, -0.1) is 11.8 Å². The third kappa shape index (κ3) is 3.29. The van der Waals surface area contributed by atoms with Crippen molar-refractivity contribution in [3.63, 3.8) is 0 Å². The minimum absolute atomic E-state index is 0.264. The van der Waals surface area contributed by atoms with Gasteiger partial charge < -0.3 is 0 Å². The molecule has 122 valence electrons. The van der Waals surface area contributed by atoms with Gasteiger partial charge in [0.1, 0.15) is 0 Å². The van der Waals surface area contributed by atoms with Crippen molar-refractivity contribution < 1.29 is 8.42 Å². The summed E-state index contributed by atoms with van der Waals surface area (Å²) in [4.78, 5) is 0.342. The maximum absolute atomic E-state index is 13.0. The molecule has 0 unspecified atom stereocenters. The summed E-state index contributed by atoms with van der Waals surface area (Å²) in [6, 6.07) is 14.6. The molecule has 0 aromatic heterocycles. The van der Waals surface area contributed by atoms with Crippen molar-refractivity contribution in [3.05, 3.63) is 64.7 Å². The van der Waals surface area contributed by atoms with Crippen LogP contribution in [0.15, 0.2) is 53.4 Å². The van der Waals surface area contributed by atoms with E-state index in [9.17, 15) is 8.42 Å². The van der Waals surface area contributed by atoms with Crippen molar-refractivity contribution in [1.29, 1.82) is 0 Å². The highest BCUT2D eigenvalue weighted by molar-refractivity contribution is 8.01. The average molecular weight is 368 g/mol. The second kappa shape index (κ2) is 6.85. The van der Waals surface area contributed by atoms with Crippen LogP contribution < -0.4 is 0 Å². The quantitative estimate of drug-likeness (QED) is 0.806. The highest BCUT2D eigenvalue weighted by Gasteiger charge is 2.37. The molecular formula is C17H18ClNO2S2. The second-order valence-corrected chi connectivity index (χ2v) is 8.84. The van der Waals surface area contributed by atoms with Crippen molar-refractivity contribution in [2.24, 2.45) is 0 Å². The van der Waals surface area contributed by atoms with Gasteiger partial charge in [-0.25, -0.2) is 8.42 Å². The summed E-state index contributed by atoms with van der Waals surface area (Å²) in [5, 5.41) is 0.341. The lowest BCUT2D eigenvalue weighted by molar-refractivity contribution is 0.434. The Kier molecular flexibility index (Phi) is 5.01. The molecule has 6 heteroatoms. The molecule has 3 rings (SSSR count). The molecule has 0 amide bonds. The topological polar surface area (TPSA) is 37.4 Å². The Morgan fingerprint density at radius 2 is 1.87 bits per heavy atom. The maximum Gasteiger partial charge on any atom is 0.244 e. The van der Waals surface area contributed by atoms with E-state index < -0.39 is 10.0 Å². The largest absolute Gasteiger partial charge is 0.244 e. The molecule has 1 fully saturated rings. The molecule has 0 radical (unpaired) electrons. The molecule has 0 spiro atoms. The van der Waals surface area contributed by atoms with E-state index in [1.54, 1.807) is 34.3 Å². The van der Waals surface area contributed by atoms with Gasteiger partial charge in [-0.1, -0.05) is 48.9 Å². The number of nitrogens with zero attached hydrogens (tertiary/aromatic N) is 1. The molecule has 23 heavy (non-hydrogen) atoms. The third-order valence-electron chi connectivity index (χ3n) is 3.96. The van der Waals surface area contributed by atoms with Gasteiger partial charge >= 0.3 is 0 Å². The van der Waals surface area contributed by atoms with Gasteiger partial charge in [-0.3, -0.25) is 0 Å². The van der Waals surface area contributed by atoms with Crippen molar-refractivity contribution in [2.75, 3.05) is 12.3 Å². The molecule has 1 atom stereocenters. The number of hydrogen-bond donors (Lipinski definition) is 0. The minimum atomic E-state index is -3.52. The molecule has 3 nitrogen and oxygen atoms in total. The van der Waals surface area contributed by atoms with E-state index in [1.165, 1.54) is 0 Å². The monoisotopic (exact) mass is 367 g/mol. The average Bonchev–Trinajstić information content (AvgIpc) is 3.05. The zero-order chi connectivity index (χ0) is 16.4. The van der Waals surface area contributed by atoms with Crippen molar-refractivity contribution in [1.82, 2.24) is 4.31 Å². The lowest BCUT2D eigenvalue weighted by Gasteiger charge is -2.24. The Balaban J connectivity index is 1.96. The molecule has 0 saturated carbocycles. The van der Waals surface area contributed by atoms with Gasteiger partial charge in [0.25, 0.3) is 0 Å². The zero-order valence-electron chi connectivity index (χ0n) is 12.8. The number of thioether (sulfide) groups is 1. The summed E-state index contributed by atoms with van der Waals surface area (Å²) < 4.78 is 27.6. The smallest absolute Gasteiger partial charge is 0.207 e. The fraction of sp³-hybridized carbons (Fsp3) is 0.294. The van der Waals surface area contributed by atoms with E-state index in [1.807, 2.05) is 37.3 Å². The van der Waals surface area contributed by atoms with Crippen LogP contribution in [-0.2, 0) is 16.4 Å². The number of benzene rings is 2. The lowest BCUT2D eigenvalue weighted by atomic mass is 10.2. The molecule has 1 aliphatic heterocycles. The van der Waals surface area contributed by atoms with Crippen molar-refractivity contribution in [2.45, 2.75) is 23.6 Å². The second-order valence-electron chi connectivity index (χ2n) is 5.36. The van der Waals surface area contributed by atoms with Crippen molar-refractivity contribution in [3.8, 4) is 0 Å². The third-order valence-corrected chi connectivity index (χ3v) is 7.56. The fourth-order valence-corrected chi connectivity index (χ4v) is 6.23. The zero-order valence-corrected chi connectivity index (χ0v) is 15.2. The summed E-state index contributed by atoms with van der Waals surface area (Å²) in [7, 11) is -3.52. The summed E-state index contributed by atoms with van der Waals surface area (Å²) in [6.07, 6.45) is 0.891. The number of aryl methyl sites for hydroxylation is 1. The normalized spacial score (nSPS) is 19.1. The van der Waals surface area contributed by atoms with Crippen LogP contribution in [-0.4, -0.2) is 25.0 Å². The van der Waals surface area contributed by atoms with Crippen LogP contribution in [0.2, 0.25) is 5.02 Å². The standard InChI is InChI=1S/C17H18ClNO2S2/c1-2-13-7-9-14(10-8-13)23(20,21)19-11-12-22-17(19)15-5-3-4-6-16(15)18/h3-10,17H,2,11-12H2,1H3/t17-/m0/s1. The first kappa shape index (κ1) is 16.8. The van der Waals surface area contributed by atoms with Crippen LogP contribution >= 0.6 is 23.4 Å². The van der Waals surface area contributed by atoms with Crippen molar-refractivity contribution >= 4 is 33.4 Å². The van der Waals surface area contributed by atoms with Crippen LogP contribution in [0.25, 0.3) is 0 Å². The Morgan fingerprint density at radius 3 is 2.52 bits per heavy atom. The first-order valence-electron chi connectivity index (χ1n) is 7.51. The Morgan fingerprint density at radius 1 is 1.17 bits per heavy atom. The van der Waals surface area contributed by atoms with E-state index in [2.05, 4.69) is 0 Å². The van der Waals surface area contributed by atoms with Gasteiger partial charge in [-0.2, -0.15) is 4.31 Å². The molecule has 0 aliphatic carbocycles. The summed E-state index contributed by atoms with van der Waals surface area (Å²) >= 11 is 7.88. The van der Waals surface area contributed by atoms with E-state index in [0.29, 0.717) is 16.5 Å². The molecule has 1 saturated heterocycles. The van der Waals surface area contributed by atoms with E-state index in [4.69, 9.17) is 11.6 Å². The van der Waals surface area contributed by atoms with Gasteiger partial charge in [0.2, 0.25) is 10.0 Å². The number of rotatable bonds is 4. The summed E-state index contributed by atoms with van der Waals surface area (Å²) in [6.45, 7) is 2.55. The lowest BCUT2D eigenvalue weighted by Crippen LogP contribution is -2.30. The van der Waals surface area contributed by atoms with E-state index >= 15 is 0 Å². The SMILES string of the molecule is CCc1ccc(S(=O)(=O)N2CCS[C@H]2c2ccccc2Cl)cc1. The fourth-order valence-electron chi connectivity index (χ4n) is 2.65. The Bertz CT molecular complexity index is 790.